The van der Waals surface area contributed by atoms with Gasteiger partial charge in [-0.25, -0.2) is 0 Å². The monoisotopic (exact) mass is 403 g/mol. The van der Waals surface area contributed by atoms with Crippen LogP contribution >= 0.6 is 27.5 Å². The van der Waals surface area contributed by atoms with Gasteiger partial charge in [0.15, 0.2) is 0 Å². The van der Waals surface area contributed by atoms with Gasteiger partial charge in [-0.1, -0.05) is 45.7 Å². The summed E-state index contributed by atoms with van der Waals surface area (Å²) < 4.78 is 0.950. The maximum atomic E-state index is 6.30. The largest absolute Gasteiger partial charge is 0.382 e. The first-order valence-electron chi connectivity index (χ1n) is 7.82. The van der Waals surface area contributed by atoms with Crippen LogP contribution in [0.5, 0.6) is 0 Å². The maximum Gasteiger partial charge on any atom is 0.0909 e. The second-order valence-corrected chi connectivity index (χ2v) is 7.14. The normalized spacial score (nSPS) is 12.2. The number of aromatic nitrogens is 1. The standard InChI is InChI=1S/C19H19BrClN3/c1-13(24(2)15-6-4-3-5-7-15)12-23-18-8-9-22-19-16(18)10-14(20)11-17(19)21/h3-11,13H,12H2,1-2H3,(H,22,23). The number of nitrogens with one attached hydrogen (secondary N) is 1. The molecule has 3 rings (SSSR count). The first kappa shape index (κ1) is 17.1. The van der Waals surface area contributed by atoms with E-state index in [1.165, 1.54) is 5.69 Å². The molecule has 24 heavy (non-hydrogen) atoms. The van der Waals surface area contributed by atoms with E-state index in [1.54, 1.807) is 6.20 Å². The topological polar surface area (TPSA) is 28.2 Å². The third kappa shape index (κ3) is 3.65. The fourth-order valence-electron chi connectivity index (χ4n) is 2.64. The summed E-state index contributed by atoms with van der Waals surface area (Å²) in [6.45, 7) is 3.01. The molecule has 5 heteroatoms. The van der Waals surface area contributed by atoms with Gasteiger partial charge in [0, 0.05) is 47.1 Å². The number of benzene rings is 2. The van der Waals surface area contributed by atoms with Gasteiger partial charge >= 0.3 is 0 Å². The molecule has 0 spiro atoms. The molecular weight excluding hydrogens is 386 g/mol. The van der Waals surface area contributed by atoms with Gasteiger partial charge in [0.05, 0.1) is 10.5 Å². The molecule has 0 radical (unpaired) electrons. The van der Waals surface area contributed by atoms with E-state index in [0.717, 1.165) is 27.6 Å². The SMILES string of the molecule is CC(CNc1ccnc2c(Cl)cc(Br)cc12)N(C)c1ccccc1. The van der Waals surface area contributed by atoms with Crippen LogP contribution in [0.15, 0.2) is 59.2 Å². The lowest BCUT2D eigenvalue weighted by molar-refractivity contribution is 0.717. The summed E-state index contributed by atoms with van der Waals surface area (Å²) in [5.41, 5.74) is 3.06. The molecule has 1 atom stereocenters. The highest BCUT2D eigenvalue weighted by molar-refractivity contribution is 9.10. The quantitative estimate of drug-likeness (QED) is 0.601. The molecule has 1 heterocycles. The Morgan fingerprint density at radius 1 is 1.21 bits per heavy atom. The number of hydrogen-bond acceptors (Lipinski definition) is 3. The van der Waals surface area contributed by atoms with Crippen LogP contribution in [0.1, 0.15) is 6.92 Å². The van der Waals surface area contributed by atoms with Crippen LogP contribution in [-0.4, -0.2) is 24.6 Å². The van der Waals surface area contributed by atoms with Crippen LogP contribution < -0.4 is 10.2 Å². The minimum atomic E-state index is 0.332. The van der Waals surface area contributed by atoms with Gasteiger partial charge in [0.1, 0.15) is 0 Å². The molecular formula is C19H19BrClN3. The van der Waals surface area contributed by atoms with Crippen LogP contribution in [0.4, 0.5) is 11.4 Å². The van der Waals surface area contributed by atoms with Crippen molar-refractivity contribution in [2.45, 2.75) is 13.0 Å². The number of likely N-dealkylation sites (N-methyl/N-ethyl adjacent to an activating group) is 1. The zero-order valence-electron chi connectivity index (χ0n) is 13.6. The highest BCUT2D eigenvalue weighted by Gasteiger charge is 2.11. The lowest BCUT2D eigenvalue weighted by Crippen LogP contribution is -2.34. The average Bonchev–Trinajstić information content (AvgIpc) is 2.59. The zero-order valence-corrected chi connectivity index (χ0v) is 16.0. The lowest BCUT2D eigenvalue weighted by atomic mass is 10.1. The zero-order chi connectivity index (χ0) is 17.1. The fourth-order valence-corrected chi connectivity index (χ4v) is 3.50. The number of nitrogens with zero attached hydrogens (tertiary/aromatic N) is 2. The van der Waals surface area contributed by atoms with Crippen LogP contribution in [0, 0.1) is 0 Å². The summed E-state index contributed by atoms with van der Waals surface area (Å²) in [6, 6.07) is 16.6. The van der Waals surface area contributed by atoms with Crippen molar-refractivity contribution in [1.82, 2.24) is 4.98 Å². The van der Waals surface area contributed by atoms with E-state index in [9.17, 15) is 0 Å². The Bertz CT molecular complexity index is 839. The maximum absolute atomic E-state index is 6.30. The van der Waals surface area contributed by atoms with E-state index >= 15 is 0 Å². The Hall–Kier alpha value is -1.78. The molecule has 0 amide bonds. The molecule has 0 aliphatic heterocycles. The van der Waals surface area contributed by atoms with Crippen LogP contribution in [0.3, 0.4) is 0 Å². The van der Waals surface area contributed by atoms with Gasteiger partial charge < -0.3 is 10.2 Å². The Morgan fingerprint density at radius 2 is 1.96 bits per heavy atom. The van der Waals surface area contributed by atoms with Gasteiger partial charge in [-0.15, -0.1) is 0 Å². The Balaban J connectivity index is 1.78. The number of hydrogen-bond donors (Lipinski definition) is 1. The second kappa shape index (κ2) is 7.41. The molecule has 0 fully saturated rings. The van der Waals surface area contributed by atoms with Crippen molar-refractivity contribution < 1.29 is 0 Å². The van der Waals surface area contributed by atoms with Crippen LogP contribution in [-0.2, 0) is 0 Å². The number of para-hydroxylation sites is 1. The van der Waals surface area contributed by atoms with E-state index in [-0.39, 0.29) is 0 Å². The number of anilines is 2. The van der Waals surface area contributed by atoms with E-state index in [4.69, 9.17) is 11.6 Å². The van der Waals surface area contributed by atoms with E-state index in [1.807, 2.05) is 24.3 Å². The number of halogens is 2. The van der Waals surface area contributed by atoms with Gasteiger partial charge in [-0.3, -0.25) is 4.98 Å². The minimum absolute atomic E-state index is 0.332. The lowest BCUT2D eigenvalue weighted by Gasteiger charge is -2.27. The van der Waals surface area contributed by atoms with Crippen molar-refractivity contribution in [2.75, 3.05) is 23.8 Å². The predicted molar refractivity (Wildman–Crippen MR) is 107 cm³/mol. The molecule has 0 bridgehead atoms. The summed E-state index contributed by atoms with van der Waals surface area (Å²) in [5, 5.41) is 5.20. The van der Waals surface area contributed by atoms with Gasteiger partial charge in [0.25, 0.3) is 0 Å². The summed E-state index contributed by atoms with van der Waals surface area (Å²) in [6.07, 6.45) is 1.79. The molecule has 3 aromatic rings. The summed E-state index contributed by atoms with van der Waals surface area (Å²) in [7, 11) is 2.11. The summed E-state index contributed by atoms with van der Waals surface area (Å²) in [4.78, 5) is 6.65. The van der Waals surface area contributed by atoms with Crippen LogP contribution in [0.25, 0.3) is 10.9 Å². The van der Waals surface area contributed by atoms with Gasteiger partial charge in [-0.05, 0) is 37.3 Å². The van der Waals surface area contributed by atoms with Crippen molar-refractivity contribution in [1.29, 1.82) is 0 Å². The van der Waals surface area contributed by atoms with Crippen molar-refractivity contribution >= 4 is 49.8 Å². The highest BCUT2D eigenvalue weighted by atomic mass is 79.9. The second-order valence-electron chi connectivity index (χ2n) is 5.82. The molecule has 1 aromatic heterocycles. The minimum Gasteiger partial charge on any atom is -0.382 e. The third-order valence-electron chi connectivity index (χ3n) is 4.18. The van der Waals surface area contributed by atoms with E-state index in [0.29, 0.717) is 11.1 Å². The first-order chi connectivity index (χ1) is 11.6. The molecule has 0 aliphatic carbocycles. The highest BCUT2D eigenvalue weighted by Crippen LogP contribution is 2.31. The van der Waals surface area contributed by atoms with Gasteiger partial charge in [0.2, 0.25) is 0 Å². The molecule has 2 aromatic carbocycles. The number of fused-ring (bicyclic) bond motifs is 1. The van der Waals surface area contributed by atoms with Crippen molar-refractivity contribution in [3.63, 3.8) is 0 Å². The molecule has 0 saturated heterocycles. The van der Waals surface area contributed by atoms with Crippen molar-refractivity contribution in [3.05, 3.63) is 64.2 Å². The Morgan fingerprint density at radius 3 is 2.71 bits per heavy atom. The van der Waals surface area contributed by atoms with Crippen molar-refractivity contribution in [3.8, 4) is 0 Å². The molecule has 0 aliphatic rings. The number of pyridine rings is 1. The summed E-state index contributed by atoms with van der Waals surface area (Å²) in [5.74, 6) is 0. The van der Waals surface area contributed by atoms with Crippen LogP contribution in [0.2, 0.25) is 5.02 Å². The Kier molecular flexibility index (Phi) is 5.27. The number of rotatable bonds is 5. The first-order valence-corrected chi connectivity index (χ1v) is 8.99. The molecule has 124 valence electrons. The predicted octanol–water partition coefficient (Wildman–Crippen LogP) is 5.59. The third-order valence-corrected chi connectivity index (χ3v) is 4.92. The molecule has 3 nitrogen and oxygen atoms in total. The molecule has 1 unspecified atom stereocenters. The fraction of sp³-hybridized carbons (Fsp3) is 0.211. The molecule has 0 saturated carbocycles. The summed E-state index contributed by atoms with van der Waals surface area (Å²) >= 11 is 9.80. The van der Waals surface area contributed by atoms with Gasteiger partial charge in [-0.2, -0.15) is 0 Å². The average molecular weight is 405 g/mol. The Labute approximate surface area is 155 Å². The van der Waals surface area contributed by atoms with E-state index in [2.05, 4.69) is 69.4 Å². The van der Waals surface area contributed by atoms with Crippen molar-refractivity contribution in [2.24, 2.45) is 0 Å². The smallest absolute Gasteiger partial charge is 0.0909 e. The van der Waals surface area contributed by atoms with E-state index < -0.39 is 0 Å². The molecule has 1 N–H and O–H groups in total.